The van der Waals surface area contributed by atoms with Crippen LogP contribution in [-0.4, -0.2) is 43.8 Å². The summed E-state index contributed by atoms with van der Waals surface area (Å²) in [5, 5.41) is 0. The third kappa shape index (κ3) is 3.71. The molecule has 1 heterocycles. The third-order valence-corrected chi connectivity index (χ3v) is 5.60. The van der Waals surface area contributed by atoms with Crippen LogP contribution < -0.4 is 0 Å². The van der Waals surface area contributed by atoms with Gasteiger partial charge in [-0.15, -0.1) is 0 Å². The number of rotatable bonds is 5. The highest BCUT2D eigenvalue weighted by molar-refractivity contribution is 7.90. The Morgan fingerprint density at radius 2 is 2.00 bits per heavy atom. The summed E-state index contributed by atoms with van der Waals surface area (Å²) in [6.07, 6.45) is 5.53. The van der Waals surface area contributed by atoms with Crippen LogP contribution in [0.3, 0.4) is 0 Å². The predicted molar refractivity (Wildman–Crippen MR) is 75.6 cm³/mol. The molecular weight excluding hydrogens is 262 g/mol. The van der Waals surface area contributed by atoms with Gasteiger partial charge in [-0.3, -0.25) is 4.79 Å². The average molecular weight is 287 g/mol. The largest absolute Gasteiger partial charge is 0.339 e. The zero-order valence-corrected chi connectivity index (χ0v) is 13.0. The van der Waals surface area contributed by atoms with Crippen molar-refractivity contribution in [2.75, 3.05) is 18.6 Å². The monoisotopic (exact) mass is 287 g/mol. The lowest BCUT2D eigenvalue weighted by atomic mass is 10.0. The van der Waals surface area contributed by atoms with E-state index in [4.69, 9.17) is 0 Å². The molecule has 4 nitrogen and oxygen atoms in total. The molecule has 1 aliphatic heterocycles. The number of amides is 1. The van der Waals surface area contributed by atoms with Crippen LogP contribution in [0.2, 0.25) is 0 Å². The van der Waals surface area contributed by atoms with Gasteiger partial charge in [0.2, 0.25) is 5.91 Å². The molecule has 0 bridgehead atoms. The Bertz CT molecular complexity index is 453. The van der Waals surface area contributed by atoms with E-state index in [9.17, 15) is 13.2 Å². The van der Waals surface area contributed by atoms with Crippen LogP contribution in [0.15, 0.2) is 0 Å². The molecule has 110 valence electrons. The van der Waals surface area contributed by atoms with Gasteiger partial charge >= 0.3 is 0 Å². The van der Waals surface area contributed by atoms with Crippen LogP contribution in [0.1, 0.15) is 46.0 Å². The molecule has 0 spiro atoms. The minimum Gasteiger partial charge on any atom is -0.339 e. The molecule has 0 N–H and O–H groups in total. The van der Waals surface area contributed by atoms with Crippen molar-refractivity contribution in [3.63, 3.8) is 0 Å². The summed E-state index contributed by atoms with van der Waals surface area (Å²) in [7, 11) is -2.99. The van der Waals surface area contributed by atoms with E-state index in [1.54, 1.807) is 0 Å². The predicted octanol–water partition coefficient (Wildman–Crippen LogP) is 1.85. The van der Waals surface area contributed by atoms with Gasteiger partial charge in [-0.1, -0.05) is 13.8 Å². The van der Waals surface area contributed by atoms with Crippen LogP contribution in [0, 0.1) is 11.3 Å². The standard InChI is InChI=1S/C14H25NO3S/c1-4-12-7-11(2)9-15(12)13(16)8-14(5-6-14)10-19(3,17)18/h11-12H,4-10H2,1-3H3. The van der Waals surface area contributed by atoms with Crippen LogP contribution in [0.25, 0.3) is 0 Å². The smallest absolute Gasteiger partial charge is 0.223 e. The normalized spacial score (nSPS) is 29.5. The zero-order valence-electron chi connectivity index (χ0n) is 12.2. The molecule has 0 aromatic rings. The third-order valence-electron chi connectivity index (χ3n) is 4.47. The molecule has 2 aliphatic rings. The number of likely N-dealkylation sites (tertiary alicyclic amines) is 1. The maximum absolute atomic E-state index is 12.4. The van der Waals surface area contributed by atoms with Gasteiger partial charge in [0.1, 0.15) is 9.84 Å². The quantitative estimate of drug-likeness (QED) is 0.775. The lowest BCUT2D eigenvalue weighted by Crippen LogP contribution is -2.37. The first-order valence-corrected chi connectivity index (χ1v) is 9.28. The van der Waals surface area contributed by atoms with Gasteiger partial charge in [0.15, 0.2) is 0 Å². The molecule has 1 saturated carbocycles. The van der Waals surface area contributed by atoms with Gasteiger partial charge in [-0.05, 0) is 37.0 Å². The Labute approximate surface area is 116 Å². The molecule has 0 aromatic carbocycles. The Morgan fingerprint density at radius 1 is 1.37 bits per heavy atom. The first kappa shape index (κ1) is 14.8. The van der Waals surface area contributed by atoms with Crippen molar-refractivity contribution in [1.29, 1.82) is 0 Å². The number of nitrogens with zero attached hydrogens (tertiary/aromatic N) is 1. The second-order valence-electron chi connectivity index (χ2n) is 6.70. The molecule has 2 rings (SSSR count). The Hall–Kier alpha value is -0.580. The Kier molecular flexibility index (Phi) is 3.96. The van der Waals surface area contributed by atoms with Crippen molar-refractivity contribution in [2.45, 2.75) is 52.0 Å². The fraction of sp³-hybridized carbons (Fsp3) is 0.929. The molecule has 2 atom stereocenters. The number of hydrogen-bond acceptors (Lipinski definition) is 3. The van der Waals surface area contributed by atoms with Crippen molar-refractivity contribution in [1.82, 2.24) is 4.90 Å². The summed E-state index contributed by atoms with van der Waals surface area (Å²) in [6, 6.07) is 0.358. The molecule has 0 radical (unpaired) electrons. The van der Waals surface area contributed by atoms with Crippen molar-refractivity contribution < 1.29 is 13.2 Å². The molecule has 5 heteroatoms. The highest BCUT2D eigenvalue weighted by Gasteiger charge is 2.48. The van der Waals surface area contributed by atoms with E-state index >= 15 is 0 Å². The molecule has 0 aromatic heterocycles. The SMILES string of the molecule is CCC1CC(C)CN1C(=O)CC1(CS(C)(=O)=O)CC1. The summed E-state index contributed by atoms with van der Waals surface area (Å²) >= 11 is 0. The van der Waals surface area contributed by atoms with E-state index in [0.29, 0.717) is 18.4 Å². The van der Waals surface area contributed by atoms with Gasteiger partial charge in [-0.25, -0.2) is 8.42 Å². The van der Waals surface area contributed by atoms with Crippen molar-refractivity contribution in [2.24, 2.45) is 11.3 Å². The average Bonchev–Trinajstić information content (AvgIpc) is 2.87. The Morgan fingerprint density at radius 3 is 2.47 bits per heavy atom. The van der Waals surface area contributed by atoms with Gasteiger partial charge < -0.3 is 4.90 Å². The lowest BCUT2D eigenvalue weighted by molar-refractivity contribution is -0.133. The first-order valence-electron chi connectivity index (χ1n) is 7.22. The van der Waals surface area contributed by atoms with Gasteiger partial charge in [0, 0.05) is 25.3 Å². The molecule has 19 heavy (non-hydrogen) atoms. The fourth-order valence-electron chi connectivity index (χ4n) is 3.37. The zero-order chi connectivity index (χ0) is 14.3. The maximum Gasteiger partial charge on any atom is 0.223 e. The van der Waals surface area contributed by atoms with Crippen molar-refractivity contribution >= 4 is 15.7 Å². The van der Waals surface area contributed by atoms with Crippen molar-refractivity contribution in [3.05, 3.63) is 0 Å². The van der Waals surface area contributed by atoms with E-state index in [0.717, 1.165) is 32.2 Å². The molecule has 1 aliphatic carbocycles. The van der Waals surface area contributed by atoms with Crippen LogP contribution in [-0.2, 0) is 14.6 Å². The van der Waals surface area contributed by atoms with Gasteiger partial charge in [0.25, 0.3) is 0 Å². The summed E-state index contributed by atoms with van der Waals surface area (Å²) < 4.78 is 22.9. The van der Waals surface area contributed by atoms with Crippen LogP contribution in [0.5, 0.6) is 0 Å². The first-order chi connectivity index (χ1) is 8.75. The molecule has 2 unspecified atom stereocenters. The van der Waals surface area contributed by atoms with Gasteiger partial charge in [-0.2, -0.15) is 0 Å². The van der Waals surface area contributed by atoms with Crippen LogP contribution in [0.4, 0.5) is 0 Å². The topological polar surface area (TPSA) is 54.5 Å². The van der Waals surface area contributed by atoms with Crippen LogP contribution >= 0.6 is 0 Å². The number of carbonyl (C=O) groups excluding carboxylic acids is 1. The highest BCUT2D eigenvalue weighted by atomic mass is 32.2. The minimum absolute atomic E-state index is 0.164. The highest BCUT2D eigenvalue weighted by Crippen LogP contribution is 2.50. The van der Waals surface area contributed by atoms with E-state index < -0.39 is 9.84 Å². The Balaban J connectivity index is 1.98. The second-order valence-corrected chi connectivity index (χ2v) is 8.84. The summed E-state index contributed by atoms with van der Waals surface area (Å²) in [4.78, 5) is 14.4. The number of hydrogen-bond donors (Lipinski definition) is 0. The number of carbonyl (C=O) groups is 1. The fourth-order valence-corrected chi connectivity index (χ4v) is 4.87. The van der Waals surface area contributed by atoms with Gasteiger partial charge in [0.05, 0.1) is 5.75 Å². The molecule has 1 saturated heterocycles. The minimum atomic E-state index is -2.99. The molecule has 1 amide bonds. The molecule has 2 fully saturated rings. The van der Waals surface area contributed by atoms with E-state index in [2.05, 4.69) is 13.8 Å². The van der Waals surface area contributed by atoms with E-state index in [1.165, 1.54) is 6.26 Å². The summed E-state index contributed by atoms with van der Waals surface area (Å²) in [5.74, 6) is 0.905. The maximum atomic E-state index is 12.4. The van der Waals surface area contributed by atoms with E-state index in [1.807, 2.05) is 4.90 Å². The summed E-state index contributed by atoms with van der Waals surface area (Å²) in [6.45, 7) is 5.14. The lowest BCUT2D eigenvalue weighted by Gasteiger charge is -2.26. The van der Waals surface area contributed by atoms with Crippen molar-refractivity contribution in [3.8, 4) is 0 Å². The molecular formula is C14H25NO3S. The summed E-state index contributed by atoms with van der Waals surface area (Å²) in [5.41, 5.74) is -0.241. The number of sulfone groups is 1. The second kappa shape index (κ2) is 5.08. The van der Waals surface area contributed by atoms with E-state index in [-0.39, 0.29) is 17.1 Å².